The average Bonchev–Trinajstić information content (AvgIpc) is 3.46. The molecule has 0 aliphatic heterocycles. The normalized spacial score (nSPS) is 10.7. The summed E-state index contributed by atoms with van der Waals surface area (Å²) in [5.41, 5.74) is 2.67. The lowest BCUT2D eigenvalue weighted by atomic mass is 10.1. The molecule has 218 valence electrons. The van der Waals surface area contributed by atoms with Gasteiger partial charge in [-0.1, -0.05) is 42.4 Å². The Balaban J connectivity index is 1.11. The van der Waals surface area contributed by atoms with E-state index in [0.29, 0.717) is 28.0 Å². The van der Waals surface area contributed by atoms with Crippen LogP contribution >= 0.6 is 11.3 Å². The summed E-state index contributed by atoms with van der Waals surface area (Å²) in [5.74, 6) is -0.331. The number of halogens is 1. The fourth-order valence-electron chi connectivity index (χ4n) is 4.09. The van der Waals surface area contributed by atoms with Crippen LogP contribution in [0, 0.1) is 5.82 Å². The van der Waals surface area contributed by atoms with Crippen LogP contribution in [-0.2, 0) is 34.0 Å². The highest BCUT2D eigenvalue weighted by atomic mass is 32.1. The van der Waals surface area contributed by atoms with Gasteiger partial charge in [0.1, 0.15) is 34.0 Å². The Morgan fingerprint density at radius 3 is 2.48 bits per heavy atom. The molecule has 2 heterocycles. The summed E-state index contributed by atoms with van der Waals surface area (Å²) in [6, 6.07) is 17.3. The third-order valence-corrected chi connectivity index (χ3v) is 7.24. The Morgan fingerprint density at radius 2 is 1.74 bits per heavy atom. The summed E-state index contributed by atoms with van der Waals surface area (Å²) in [6.07, 6.45) is 6.21. The van der Waals surface area contributed by atoms with E-state index in [1.165, 1.54) is 30.4 Å². The Labute approximate surface area is 247 Å². The monoisotopic (exact) mass is 589 g/mol. The van der Waals surface area contributed by atoms with Gasteiger partial charge in [0.05, 0.1) is 6.54 Å². The summed E-state index contributed by atoms with van der Waals surface area (Å²) < 4.78 is 19.0. The molecule has 0 aliphatic carbocycles. The molecule has 4 rings (SSSR count). The van der Waals surface area contributed by atoms with Gasteiger partial charge in [-0.15, -0.1) is 10.2 Å². The topological polar surface area (TPSA) is 123 Å². The molecule has 11 heteroatoms. The number of rotatable bonds is 15. The molecule has 0 fully saturated rings. The lowest BCUT2D eigenvalue weighted by Gasteiger charge is -2.06. The van der Waals surface area contributed by atoms with Crippen molar-refractivity contribution in [1.29, 1.82) is 0 Å². The van der Waals surface area contributed by atoms with Gasteiger partial charge in [0.25, 0.3) is 5.91 Å². The number of carbonyl (C=O) groups is 3. The van der Waals surface area contributed by atoms with Crippen LogP contribution in [-0.4, -0.2) is 32.8 Å². The van der Waals surface area contributed by atoms with Crippen molar-refractivity contribution in [3.05, 3.63) is 88.8 Å². The highest BCUT2D eigenvalue weighted by Crippen LogP contribution is 2.26. The van der Waals surface area contributed by atoms with Crippen molar-refractivity contribution in [2.24, 2.45) is 0 Å². The molecule has 0 saturated heterocycles. The summed E-state index contributed by atoms with van der Waals surface area (Å²) >= 11 is 1.33. The maximum atomic E-state index is 13.3. The maximum Gasteiger partial charge on any atom is 0.287 e. The van der Waals surface area contributed by atoms with E-state index in [4.69, 9.17) is 4.74 Å². The predicted molar refractivity (Wildman–Crippen MR) is 158 cm³/mol. The molecular formula is C31H32FN5O4S. The van der Waals surface area contributed by atoms with Crippen LogP contribution in [0.1, 0.15) is 55.2 Å². The molecular weight excluding hydrogens is 557 g/mol. The molecule has 2 N–H and O–H groups in total. The van der Waals surface area contributed by atoms with Crippen LogP contribution < -0.4 is 15.4 Å². The molecule has 0 radical (unpaired) electrons. The van der Waals surface area contributed by atoms with Gasteiger partial charge >= 0.3 is 0 Å². The molecule has 2 aromatic carbocycles. The molecule has 0 saturated carbocycles. The number of aryl methyl sites for hydroxylation is 1. The SMILES string of the molecule is CC(=O)Nc1ccc(CCCCCCC(=O)C(=O)NCc2nnc(-c3ccc(OCc4cccc(F)c4)cc3)s2)cn1. The van der Waals surface area contributed by atoms with Gasteiger partial charge in [-0.05, 0) is 72.9 Å². The van der Waals surface area contributed by atoms with E-state index in [1.54, 1.807) is 36.5 Å². The minimum atomic E-state index is -0.614. The fourth-order valence-corrected chi connectivity index (χ4v) is 4.88. The molecule has 2 aromatic heterocycles. The van der Waals surface area contributed by atoms with Gasteiger partial charge in [0.15, 0.2) is 0 Å². The lowest BCUT2D eigenvalue weighted by Crippen LogP contribution is -2.30. The number of anilines is 1. The number of ether oxygens (including phenoxy) is 1. The van der Waals surface area contributed by atoms with Crippen LogP contribution in [0.2, 0.25) is 0 Å². The van der Waals surface area contributed by atoms with E-state index < -0.39 is 11.7 Å². The third kappa shape index (κ3) is 9.84. The number of ketones is 1. The predicted octanol–water partition coefficient (Wildman–Crippen LogP) is 5.66. The van der Waals surface area contributed by atoms with Gasteiger partial charge in [-0.3, -0.25) is 14.4 Å². The first-order valence-electron chi connectivity index (χ1n) is 13.7. The minimum Gasteiger partial charge on any atom is -0.489 e. The zero-order chi connectivity index (χ0) is 29.7. The van der Waals surface area contributed by atoms with E-state index >= 15 is 0 Å². The number of nitrogens with one attached hydrogen (secondary N) is 2. The van der Waals surface area contributed by atoms with Gasteiger partial charge in [-0.2, -0.15) is 0 Å². The van der Waals surface area contributed by atoms with Crippen molar-refractivity contribution in [2.45, 2.75) is 58.6 Å². The van der Waals surface area contributed by atoms with Gasteiger partial charge in [-0.25, -0.2) is 9.37 Å². The van der Waals surface area contributed by atoms with Gasteiger partial charge < -0.3 is 15.4 Å². The van der Waals surface area contributed by atoms with E-state index in [2.05, 4.69) is 25.8 Å². The third-order valence-electron chi connectivity index (χ3n) is 6.26. The number of pyridine rings is 1. The molecule has 0 bridgehead atoms. The molecule has 42 heavy (non-hydrogen) atoms. The van der Waals surface area contributed by atoms with Crippen LogP contribution in [0.4, 0.5) is 10.2 Å². The van der Waals surface area contributed by atoms with Crippen LogP contribution in [0.5, 0.6) is 5.75 Å². The molecule has 4 aromatic rings. The number of amides is 2. The van der Waals surface area contributed by atoms with Crippen molar-refractivity contribution in [3.63, 3.8) is 0 Å². The van der Waals surface area contributed by atoms with Crippen molar-refractivity contribution in [3.8, 4) is 16.3 Å². The van der Waals surface area contributed by atoms with Crippen molar-refractivity contribution in [2.75, 3.05) is 5.32 Å². The van der Waals surface area contributed by atoms with E-state index in [9.17, 15) is 18.8 Å². The number of nitrogens with zero attached hydrogens (tertiary/aromatic N) is 3. The Bertz CT molecular complexity index is 1490. The smallest absolute Gasteiger partial charge is 0.287 e. The second-order valence-electron chi connectivity index (χ2n) is 9.70. The van der Waals surface area contributed by atoms with Crippen molar-refractivity contribution in [1.82, 2.24) is 20.5 Å². The highest BCUT2D eigenvalue weighted by molar-refractivity contribution is 7.14. The zero-order valence-corrected chi connectivity index (χ0v) is 24.1. The van der Waals surface area contributed by atoms with Crippen molar-refractivity contribution < 1.29 is 23.5 Å². The van der Waals surface area contributed by atoms with Gasteiger partial charge in [0.2, 0.25) is 11.7 Å². The maximum absolute atomic E-state index is 13.3. The Hall–Kier alpha value is -4.51. The number of aromatic nitrogens is 3. The molecule has 0 atom stereocenters. The Kier molecular flexibility index (Phi) is 11.2. The first kappa shape index (κ1) is 30.4. The first-order chi connectivity index (χ1) is 20.4. The van der Waals surface area contributed by atoms with Crippen LogP contribution in [0.25, 0.3) is 10.6 Å². The highest BCUT2D eigenvalue weighted by Gasteiger charge is 2.14. The summed E-state index contributed by atoms with van der Waals surface area (Å²) in [4.78, 5) is 39.7. The van der Waals surface area contributed by atoms with Crippen molar-refractivity contribution >= 4 is 34.8 Å². The number of unbranched alkanes of at least 4 members (excludes halogenated alkanes) is 3. The summed E-state index contributed by atoms with van der Waals surface area (Å²) in [5, 5.41) is 14.9. The number of benzene rings is 2. The van der Waals surface area contributed by atoms with E-state index in [0.717, 1.165) is 42.4 Å². The van der Waals surface area contributed by atoms with Gasteiger partial charge in [0, 0.05) is 25.1 Å². The molecule has 0 spiro atoms. The van der Waals surface area contributed by atoms with Crippen LogP contribution in [0.3, 0.4) is 0 Å². The number of hydrogen-bond donors (Lipinski definition) is 2. The minimum absolute atomic E-state index is 0.131. The largest absolute Gasteiger partial charge is 0.489 e. The molecule has 0 aliphatic rings. The summed E-state index contributed by atoms with van der Waals surface area (Å²) in [7, 11) is 0. The van der Waals surface area contributed by atoms with Crippen LogP contribution in [0.15, 0.2) is 66.9 Å². The summed E-state index contributed by atoms with van der Waals surface area (Å²) in [6.45, 7) is 1.83. The average molecular weight is 590 g/mol. The Morgan fingerprint density at radius 1 is 0.929 bits per heavy atom. The second kappa shape index (κ2) is 15.5. The zero-order valence-electron chi connectivity index (χ0n) is 23.3. The standard InChI is InChI=1S/C31H32FN5O4S/c1-21(38)35-28-16-11-22(18-33-28)7-4-2-3-5-10-27(39)30(40)34-19-29-36-37-31(42-29)24-12-14-26(15-13-24)41-20-23-8-6-9-25(32)17-23/h6,8-9,11-18H,2-5,7,10,19-20H2,1H3,(H,34,40)(H,33,35,38). The lowest BCUT2D eigenvalue weighted by molar-refractivity contribution is -0.138. The first-order valence-corrected chi connectivity index (χ1v) is 14.5. The van der Waals surface area contributed by atoms with E-state index in [1.807, 2.05) is 18.2 Å². The molecule has 2 amide bonds. The number of Topliss-reactive ketones (excluding diaryl/α,β-unsaturated/α-hetero) is 1. The second-order valence-corrected chi connectivity index (χ2v) is 10.8. The number of hydrogen-bond acceptors (Lipinski definition) is 8. The molecule has 0 unspecified atom stereocenters. The molecule has 9 nitrogen and oxygen atoms in total. The number of carbonyl (C=O) groups excluding carboxylic acids is 3. The van der Waals surface area contributed by atoms with E-state index in [-0.39, 0.29) is 31.3 Å². The quantitative estimate of drug-likeness (QED) is 0.136. The fraction of sp³-hybridized carbons (Fsp3) is 0.290.